The maximum atomic E-state index is 13.7. The Kier molecular flexibility index (Phi) is 6.07. The van der Waals surface area contributed by atoms with Crippen LogP contribution in [0.4, 0.5) is 5.69 Å². The molecule has 3 heterocycles. The molecule has 1 aliphatic carbocycles. The molecule has 37 heavy (non-hydrogen) atoms. The van der Waals surface area contributed by atoms with Gasteiger partial charge >= 0.3 is 0 Å². The Balaban J connectivity index is 1.29. The van der Waals surface area contributed by atoms with E-state index >= 15 is 0 Å². The molecule has 1 saturated carbocycles. The van der Waals surface area contributed by atoms with Gasteiger partial charge in [0.1, 0.15) is 5.78 Å². The van der Waals surface area contributed by atoms with Gasteiger partial charge in [0.2, 0.25) is 11.7 Å². The second kappa shape index (κ2) is 9.41. The van der Waals surface area contributed by atoms with E-state index in [1.165, 1.54) is 38.0 Å². The summed E-state index contributed by atoms with van der Waals surface area (Å²) in [6.45, 7) is 1.93. The van der Waals surface area contributed by atoms with Gasteiger partial charge in [-0.15, -0.1) is 0 Å². The Hall–Kier alpha value is -3.52. The number of aromatic nitrogens is 1. The van der Waals surface area contributed by atoms with Crippen LogP contribution in [0.1, 0.15) is 36.6 Å². The minimum atomic E-state index is -0.672. The van der Waals surface area contributed by atoms with Gasteiger partial charge in [0.15, 0.2) is 11.5 Å². The number of hydrogen-bond acceptors (Lipinski definition) is 6. The number of anilines is 1. The fraction of sp³-hybridized carbons (Fsp3) is 0.448. The zero-order valence-electron chi connectivity index (χ0n) is 21.5. The number of carbonyl (C=O) groups is 2. The number of rotatable bonds is 5. The summed E-state index contributed by atoms with van der Waals surface area (Å²) in [4.78, 5) is 33.1. The van der Waals surface area contributed by atoms with Crippen LogP contribution in [0.15, 0.2) is 36.4 Å². The molecule has 3 aliphatic rings. The standard InChI is InChI=1S/C29H33N3O5/c1-35-24-12-17(13-25(36-2)28(24)37-3)30-29(34)26-20-14-22-27-19(18-6-4-5-7-21(18)31-27)10-11-32(22)15-16(20)8-9-23(26)33/h4-7,12-13,16,20,22,26,31H,8-11,14-15H2,1-3H3,(H,30,34)/t16-,20-,22-,26-/m0/s1. The van der Waals surface area contributed by atoms with Gasteiger partial charge in [-0.2, -0.15) is 0 Å². The van der Waals surface area contributed by atoms with Gasteiger partial charge in [-0.25, -0.2) is 0 Å². The predicted octanol–water partition coefficient (Wildman–Crippen LogP) is 4.35. The normalized spacial score (nSPS) is 25.1. The van der Waals surface area contributed by atoms with E-state index in [4.69, 9.17) is 14.2 Å². The Bertz CT molecular complexity index is 1340. The molecule has 0 unspecified atom stereocenters. The summed E-state index contributed by atoms with van der Waals surface area (Å²) in [6, 6.07) is 12.0. The molecule has 0 spiro atoms. The fourth-order valence-corrected chi connectivity index (χ4v) is 6.89. The van der Waals surface area contributed by atoms with Crippen molar-refractivity contribution >= 4 is 28.3 Å². The van der Waals surface area contributed by atoms with Crippen LogP contribution in [0.25, 0.3) is 10.9 Å². The van der Waals surface area contributed by atoms with E-state index in [0.29, 0.717) is 35.3 Å². The molecule has 0 radical (unpaired) electrons. The average molecular weight is 504 g/mol. The van der Waals surface area contributed by atoms with E-state index in [1.807, 2.05) is 0 Å². The third-order valence-corrected chi connectivity index (χ3v) is 8.59. The SMILES string of the molecule is COc1cc(NC(=O)[C@@H]2C(=O)CC[C@H]3CN4CCc5c([nH]c6ccccc56)[C@@H]4C[C@@H]32)cc(OC)c1OC. The molecule has 194 valence electrons. The fourth-order valence-electron chi connectivity index (χ4n) is 6.89. The molecule has 4 atom stereocenters. The number of Topliss-reactive ketones (excluding diaryl/α,β-unsaturated/α-hetero) is 1. The molecule has 8 nitrogen and oxygen atoms in total. The van der Waals surface area contributed by atoms with Crippen LogP contribution < -0.4 is 19.5 Å². The summed E-state index contributed by atoms with van der Waals surface area (Å²) in [5.74, 6) is 0.795. The quantitative estimate of drug-likeness (QED) is 0.503. The Morgan fingerprint density at radius 1 is 1.05 bits per heavy atom. The van der Waals surface area contributed by atoms with Crippen molar-refractivity contribution in [3.63, 3.8) is 0 Å². The van der Waals surface area contributed by atoms with Crippen molar-refractivity contribution in [2.75, 3.05) is 39.7 Å². The lowest BCUT2D eigenvalue weighted by Crippen LogP contribution is -2.52. The topological polar surface area (TPSA) is 92.9 Å². The molecule has 2 N–H and O–H groups in total. The van der Waals surface area contributed by atoms with Crippen LogP contribution in [0.5, 0.6) is 17.2 Å². The van der Waals surface area contributed by atoms with E-state index in [-0.39, 0.29) is 23.7 Å². The van der Waals surface area contributed by atoms with Crippen molar-refractivity contribution in [1.82, 2.24) is 9.88 Å². The van der Waals surface area contributed by atoms with E-state index in [2.05, 4.69) is 39.5 Å². The lowest BCUT2D eigenvalue weighted by Gasteiger charge is -2.49. The van der Waals surface area contributed by atoms with Gasteiger partial charge in [0, 0.05) is 53.9 Å². The lowest BCUT2D eigenvalue weighted by atomic mass is 9.65. The van der Waals surface area contributed by atoms with Gasteiger partial charge in [-0.3, -0.25) is 14.5 Å². The number of nitrogens with one attached hydrogen (secondary N) is 2. The Labute approximate surface area is 216 Å². The second-order valence-electron chi connectivity index (χ2n) is 10.4. The number of carbonyl (C=O) groups excluding carboxylic acids is 2. The summed E-state index contributed by atoms with van der Waals surface area (Å²) >= 11 is 0. The number of amides is 1. The highest BCUT2D eigenvalue weighted by Crippen LogP contribution is 2.49. The number of methoxy groups -OCH3 is 3. The number of piperidine rings is 1. The van der Waals surface area contributed by atoms with E-state index in [1.54, 1.807) is 12.1 Å². The number of ether oxygens (including phenoxy) is 3. The van der Waals surface area contributed by atoms with Crippen molar-refractivity contribution in [2.45, 2.75) is 31.7 Å². The predicted molar refractivity (Wildman–Crippen MR) is 140 cm³/mol. The van der Waals surface area contributed by atoms with Crippen molar-refractivity contribution < 1.29 is 23.8 Å². The smallest absolute Gasteiger partial charge is 0.235 e. The minimum Gasteiger partial charge on any atom is -0.493 e. The number of hydrogen-bond donors (Lipinski definition) is 2. The number of benzene rings is 2. The monoisotopic (exact) mass is 503 g/mol. The molecule has 1 aromatic heterocycles. The van der Waals surface area contributed by atoms with Gasteiger partial charge in [0.25, 0.3) is 0 Å². The van der Waals surface area contributed by atoms with Gasteiger partial charge in [0.05, 0.1) is 33.3 Å². The summed E-state index contributed by atoms with van der Waals surface area (Å²) < 4.78 is 16.3. The zero-order valence-corrected chi connectivity index (χ0v) is 21.5. The molecular weight excluding hydrogens is 470 g/mol. The first-order chi connectivity index (χ1) is 18.0. The molecule has 2 fully saturated rings. The van der Waals surface area contributed by atoms with Crippen LogP contribution in [-0.4, -0.2) is 56.0 Å². The summed E-state index contributed by atoms with van der Waals surface area (Å²) in [7, 11) is 4.61. The largest absolute Gasteiger partial charge is 0.493 e. The molecule has 1 saturated heterocycles. The highest BCUT2D eigenvalue weighted by molar-refractivity contribution is 6.08. The highest BCUT2D eigenvalue weighted by Gasteiger charge is 2.49. The third kappa shape index (κ3) is 3.94. The lowest BCUT2D eigenvalue weighted by molar-refractivity contribution is -0.140. The summed E-state index contributed by atoms with van der Waals surface area (Å²) in [5.41, 5.74) is 4.32. The molecule has 2 aromatic carbocycles. The number of aromatic amines is 1. The van der Waals surface area contributed by atoms with E-state index in [0.717, 1.165) is 37.9 Å². The molecule has 2 aliphatic heterocycles. The Morgan fingerprint density at radius 3 is 2.54 bits per heavy atom. The average Bonchev–Trinajstić information content (AvgIpc) is 3.30. The van der Waals surface area contributed by atoms with Crippen LogP contribution in [0.3, 0.4) is 0 Å². The van der Waals surface area contributed by atoms with Crippen LogP contribution in [-0.2, 0) is 16.0 Å². The van der Waals surface area contributed by atoms with Crippen LogP contribution >= 0.6 is 0 Å². The van der Waals surface area contributed by atoms with Crippen molar-refractivity contribution in [3.05, 3.63) is 47.7 Å². The molecule has 3 aromatic rings. The van der Waals surface area contributed by atoms with E-state index in [9.17, 15) is 9.59 Å². The van der Waals surface area contributed by atoms with Crippen molar-refractivity contribution in [1.29, 1.82) is 0 Å². The van der Waals surface area contributed by atoms with Gasteiger partial charge in [-0.1, -0.05) is 18.2 Å². The summed E-state index contributed by atoms with van der Waals surface area (Å²) in [5, 5.41) is 4.28. The molecule has 8 heteroatoms. The number of H-pyrrole nitrogens is 1. The van der Waals surface area contributed by atoms with Crippen molar-refractivity contribution in [2.24, 2.45) is 17.8 Å². The van der Waals surface area contributed by atoms with E-state index < -0.39 is 5.92 Å². The molecular formula is C29H33N3O5. The molecule has 6 rings (SSSR count). The number of ketones is 1. The van der Waals surface area contributed by atoms with Gasteiger partial charge < -0.3 is 24.5 Å². The number of fused-ring (bicyclic) bond motifs is 6. The Morgan fingerprint density at radius 2 is 1.81 bits per heavy atom. The zero-order chi connectivity index (χ0) is 25.7. The number of para-hydroxylation sites is 1. The van der Waals surface area contributed by atoms with Gasteiger partial charge in [-0.05, 0) is 42.7 Å². The molecule has 1 amide bonds. The minimum absolute atomic E-state index is 0.00176. The summed E-state index contributed by atoms with van der Waals surface area (Å²) in [6.07, 6.45) is 3.12. The maximum absolute atomic E-state index is 13.7. The van der Waals surface area contributed by atoms with Crippen LogP contribution in [0, 0.1) is 17.8 Å². The first-order valence-corrected chi connectivity index (χ1v) is 13.0. The first kappa shape index (κ1) is 23.9. The second-order valence-corrected chi connectivity index (χ2v) is 10.4. The maximum Gasteiger partial charge on any atom is 0.235 e. The first-order valence-electron chi connectivity index (χ1n) is 13.0. The molecule has 0 bridgehead atoms. The highest BCUT2D eigenvalue weighted by atomic mass is 16.5. The van der Waals surface area contributed by atoms with Crippen LogP contribution in [0.2, 0.25) is 0 Å². The van der Waals surface area contributed by atoms with Crippen molar-refractivity contribution in [3.8, 4) is 17.2 Å². The number of nitrogens with zero attached hydrogens (tertiary/aromatic N) is 1. The third-order valence-electron chi connectivity index (χ3n) is 8.59.